The van der Waals surface area contributed by atoms with Gasteiger partial charge in [0.25, 0.3) is 0 Å². The molecule has 3 rings (SSSR count). The number of pyridine rings is 2. The molecule has 102 valence electrons. The summed E-state index contributed by atoms with van der Waals surface area (Å²) in [5.74, 6) is 0. The zero-order valence-corrected chi connectivity index (χ0v) is 12.5. The Hall–Kier alpha value is -1.72. The van der Waals surface area contributed by atoms with Crippen LogP contribution in [0.15, 0.2) is 47.3 Å². The maximum atomic E-state index is 4.32. The van der Waals surface area contributed by atoms with Crippen molar-refractivity contribution in [2.24, 2.45) is 0 Å². The molecule has 2 N–H and O–H groups in total. The summed E-state index contributed by atoms with van der Waals surface area (Å²) in [6.45, 7) is 1.72. The summed E-state index contributed by atoms with van der Waals surface area (Å²) >= 11 is 3.63. The van der Waals surface area contributed by atoms with Crippen molar-refractivity contribution < 1.29 is 0 Å². The molecule has 5 heteroatoms. The third-order valence-corrected chi connectivity index (χ3v) is 4.13. The molecule has 3 heterocycles. The van der Waals surface area contributed by atoms with Crippen LogP contribution in [0.5, 0.6) is 0 Å². The second-order valence-electron chi connectivity index (χ2n) is 4.60. The molecule has 0 saturated carbocycles. The Morgan fingerprint density at radius 3 is 2.80 bits per heavy atom. The zero-order valence-electron chi connectivity index (χ0n) is 10.9. The minimum absolute atomic E-state index is 0.794. The van der Waals surface area contributed by atoms with Gasteiger partial charge in [-0.3, -0.25) is 4.98 Å². The third kappa shape index (κ3) is 2.89. The first kappa shape index (κ1) is 13.3. The van der Waals surface area contributed by atoms with Crippen LogP contribution in [0.25, 0.3) is 11.0 Å². The standard InChI is InChI=1S/C15H15BrN4/c16-14-12-2-1-6-19-15(12)20-13(14)10-18-9-5-11-3-7-17-8-4-11/h1-4,6-8,18H,5,9-10H2,(H,19,20). The minimum Gasteiger partial charge on any atom is -0.341 e. The molecule has 0 saturated heterocycles. The normalized spacial score (nSPS) is 11.1. The third-order valence-electron chi connectivity index (χ3n) is 3.22. The molecule has 0 aromatic carbocycles. The van der Waals surface area contributed by atoms with Gasteiger partial charge in [-0.05, 0) is 58.7 Å². The van der Waals surface area contributed by atoms with Crippen LogP contribution >= 0.6 is 15.9 Å². The summed E-state index contributed by atoms with van der Waals surface area (Å²) in [5.41, 5.74) is 3.35. The van der Waals surface area contributed by atoms with E-state index in [1.54, 1.807) is 6.20 Å². The largest absolute Gasteiger partial charge is 0.341 e. The molecule has 0 radical (unpaired) electrons. The Kier molecular flexibility index (Phi) is 4.08. The molecule has 0 bridgehead atoms. The van der Waals surface area contributed by atoms with Gasteiger partial charge in [-0.1, -0.05) is 0 Å². The molecule has 3 aromatic heterocycles. The van der Waals surface area contributed by atoms with E-state index in [0.29, 0.717) is 0 Å². The summed E-state index contributed by atoms with van der Waals surface area (Å²) in [7, 11) is 0. The van der Waals surface area contributed by atoms with Crippen molar-refractivity contribution in [3.63, 3.8) is 0 Å². The van der Waals surface area contributed by atoms with Crippen LogP contribution in [0, 0.1) is 0 Å². The lowest BCUT2D eigenvalue weighted by Gasteiger charge is -2.04. The number of fused-ring (bicyclic) bond motifs is 1. The fourth-order valence-electron chi connectivity index (χ4n) is 2.16. The Balaban J connectivity index is 1.59. The number of halogens is 1. The minimum atomic E-state index is 0.794. The molecule has 0 amide bonds. The number of aromatic nitrogens is 3. The van der Waals surface area contributed by atoms with E-state index in [0.717, 1.165) is 40.7 Å². The first-order valence-corrected chi connectivity index (χ1v) is 7.34. The van der Waals surface area contributed by atoms with Gasteiger partial charge >= 0.3 is 0 Å². The van der Waals surface area contributed by atoms with Gasteiger partial charge in [0.05, 0.1) is 0 Å². The molecule has 0 fully saturated rings. The van der Waals surface area contributed by atoms with Gasteiger partial charge in [0.1, 0.15) is 5.65 Å². The lowest BCUT2D eigenvalue weighted by molar-refractivity contribution is 0.676. The number of nitrogens with zero attached hydrogens (tertiary/aromatic N) is 2. The van der Waals surface area contributed by atoms with Crippen molar-refractivity contribution in [2.45, 2.75) is 13.0 Å². The first-order chi connectivity index (χ1) is 9.84. The number of H-pyrrole nitrogens is 1. The summed E-state index contributed by atoms with van der Waals surface area (Å²) in [5, 5.41) is 4.57. The Bertz CT molecular complexity index is 693. The van der Waals surface area contributed by atoms with Gasteiger partial charge in [-0.2, -0.15) is 0 Å². The number of nitrogens with one attached hydrogen (secondary N) is 2. The fourth-order valence-corrected chi connectivity index (χ4v) is 2.72. The van der Waals surface area contributed by atoms with E-state index in [-0.39, 0.29) is 0 Å². The zero-order chi connectivity index (χ0) is 13.8. The van der Waals surface area contributed by atoms with E-state index in [4.69, 9.17) is 0 Å². The van der Waals surface area contributed by atoms with Crippen LogP contribution in [0.3, 0.4) is 0 Å². The Morgan fingerprint density at radius 1 is 1.15 bits per heavy atom. The molecule has 0 aliphatic heterocycles. The van der Waals surface area contributed by atoms with Gasteiger partial charge in [0, 0.05) is 40.7 Å². The summed E-state index contributed by atoms with van der Waals surface area (Å²) in [6.07, 6.45) is 6.45. The maximum Gasteiger partial charge on any atom is 0.138 e. The monoisotopic (exact) mass is 330 g/mol. The summed E-state index contributed by atoms with van der Waals surface area (Å²) in [4.78, 5) is 11.7. The van der Waals surface area contributed by atoms with Crippen molar-refractivity contribution in [3.8, 4) is 0 Å². The quantitative estimate of drug-likeness (QED) is 0.707. The highest BCUT2D eigenvalue weighted by molar-refractivity contribution is 9.10. The van der Waals surface area contributed by atoms with E-state index < -0.39 is 0 Å². The van der Waals surface area contributed by atoms with Crippen LogP contribution in [0.2, 0.25) is 0 Å². The van der Waals surface area contributed by atoms with Crippen molar-refractivity contribution in [1.82, 2.24) is 20.3 Å². The number of rotatable bonds is 5. The van der Waals surface area contributed by atoms with Gasteiger partial charge in [0.15, 0.2) is 0 Å². The number of aromatic amines is 1. The molecule has 0 unspecified atom stereocenters. The Morgan fingerprint density at radius 2 is 2.00 bits per heavy atom. The van der Waals surface area contributed by atoms with Crippen LogP contribution in [0.4, 0.5) is 0 Å². The lowest BCUT2D eigenvalue weighted by Crippen LogP contribution is -2.17. The Labute approximate surface area is 125 Å². The van der Waals surface area contributed by atoms with Crippen molar-refractivity contribution >= 4 is 27.0 Å². The van der Waals surface area contributed by atoms with E-state index >= 15 is 0 Å². The molecule has 0 aliphatic carbocycles. The number of hydrogen-bond acceptors (Lipinski definition) is 3. The van der Waals surface area contributed by atoms with E-state index in [2.05, 4.69) is 42.3 Å². The molecule has 20 heavy (non-hydrogen) atoms. The molecular weight excluding hydrogens is 316 g/mol. The fraction of sp³-hybridized carbons (Fsp3) is 0.200. The molecule has 0 aliphatic rings. The lowest BCUT2D eigenvalue weighted by atomic mass is 10.2. The second kappa shape index (κ2) is 6.15. The SMILES string of the molecule is Brc1c(CNCCc2ccncc2)[nH]c2ncccc12. The topological polar surface area (TPSA) is 53.6 Å². The van der Waals surface area contributed by atoms with Gasteiger partial charge in [0.2, 0.25) is 0 Å². The van der Waals surface area contributed by atoms with Crippen LogP contribution < -0.4 is 5.32 Å². The first-order valence-electron chi connectivity index (χ1n) is 6.55. The average molecular weight is 331 g/mol. The number of hydrogen-bond donors (Lipinski definition) is 2. The molecular formula is C15H15BrN4. The van der Waals surface area contributed by atoms with Crippen molar-refractivity contribution in [3.05, 3.63) is 58.6 Å². The second-order valence-corrected chi connectivity index (χ2v) is 5.39. The van der Waals surface area contributed by atoms with Crippen molar-refractivity contribution in [1.29, 1.82) is 0 Å². The molecule has 4 nitrogen and oxygen atoms in total. The van der Waals surface area contributed by atoms with Gasteiger partial charge < -0.3 is 10.3 Å². The van der Waals surface area contributed by atoms with E-state index in [1.807, 2.05) is 30.6 Å². The smallest absolute Gasteiger partial charge is 0.138 e. The predicted octanol–water partition coefficient (Wildman–Crippen LogP) is 3.05. The van der Waals surface area contributed by atoms with Crippen molar-refractivity contribution in [2.75, 3.05) is 6.54 Å². The highest BCUT2D eigenvalue weighted by Gasteiger charge is 2.08. The van der Waals surface area contributed by atoms with E-state index in [9.17, 15) is 0 Å². The van der Waals surface area contributed by atoms with E-state index in [1.165, 1.54) is 5.56 Å². The van der Waals surface area contributed by atoms with Crippen LogP contribution in [-0.4, -0.2) is 21.5 Å². The summed E-state index contributed by atoms with van der Waals surface area (Å²) < 4.78 is 1.09. The molecule has 0 spiro atoms. The predicted molar refractivity (Wildman–Crippen MR) is 83.4 cm³/mol. The molecule has 0 atom stereocenters. The summed E-state index contributed by atoms with van der Waals surface area (Å²) in [6, 6.07) is 8.10. The van der Waals surface area contributed by atoms with Crippen LogP contribution in [0.1, 0.15) is 11.3 Å². The average Bonchev–Trinajstić information content (AvgIpc) is 2.82. The molecule has 3 aromatic rings. The highest BCUT2D eigenvalue weighted by Crippen LogP contribution is 2.26. The maximum absolute atomic E-state index is 4.32. The van der Waals surface area contributed by atoms with Crippen LogP contribution in [-0.2, 0) is 13.0 Å². The highest BCUT2D eigenvalue weighted by atomic mass is 79.9. The van der Waals surface area contributed by atoms with Gasteiger partial charge in [-0.25, -0.2) is 4.98 Å². The van der Waals surface area contributed by atoms with Gasteiger partial charge in [-0.15, -0.1) is 0 Å².